The normalized spacial score (nSPS) is 13.7. The molecule has 0 N–H and O–H groups in total. The third-order valence-corrected chi connectivity index (χ3v) is 10.3. The zero-order valence-corrected chi connectivity index (χ0v) is 25.3. The summed E-state index contributed by atoms with van der Waals surface area (Å²) < 4.78 is 4.86. The molecule has 2 aromatic heterocycles. The van der Waals surface area contributed by atoms with Gasteiger partial charge in [-0.2, -0.15) is 0 Å². The third-order valence-electron chi connectivity index (χ3n) is 10.3. The number of nitrogens with zero attached hydrogens (tertiary/aromatic N) is 2. The van der Waals surface area contributed by atoms with Gasteiger partial charge in [0.2, 0.25) is 0 Å². The van der Waals surface area contributed by atoms with Crippen molar-refractivity contribution >= 4 is 54.4 Å². The minimum Gasteiger partial charge on any atom is -0.309 e. The fraction of sp³-hybridized carbons (Fsp3) is 0.0698. The second-order valence-electron chi connectivity index (χ2n) is 13.0. The van der Waals surface area contributed by atoms with E-state index in [1.165, 1.54) is 88.0 Å². The summed E-state index contributed by atoms with van der Waals surface area (Å²) in [4.78, 5) is 0. The van der Waals surface area contributed by atoms with Crippen molar-refractivity contribution in [1.82, 2.24) is 9.13 Å². The Morgan fingerprint density at radius 3 is 1.80 bits per heavy atom. The summed E-state index contributed by atoms with van der Waals surface area (Å²) in [6.07, 6.45) is 0. The first-order chi connectivity index (χ1) is 22.1. The SMILES string of the molecule is CC1(C)c2ccccc2-c2ccc3cc4c5ccccc5n(-c5ccc6c(c5)c5ccccc5n6-c5ccccc5)c4cc3c21. The largest absolute Gasteiger partial charge is 0.309 e. The first kappa shape index (κ1) is 24.8. The fourth-order valence-electron chi connectivity index (χ4n) is 8.32. The van der Waals surface area contributed by atoms with Crippen molar-refractivity contribution in [3.63, 3.8) is 0 Å². The van der Waals surface area contributed by atoms with Crippen molar-refractivity contribution in [2.75, 3.05) is 0 Å². The summed E-state index contributed by atoms with van der Waals surface area (Å²) in [5, 5.41) is 7.73. The number of fused-ring (bicyclic) bond motifs is 11. The Bertz CT molecular complexity index is 2670. The van der Waals surface area contributed by atoms with Gasteiger partial charge in [0.1, 0.15) is 0 Å². The van der Waals surface area contributed by atoms with Crippen molar-refractivity contribution < 1.29 is 0 Å². The molecule has 0 fully saturated rings. The predicted octanol–water partition coefficient (Wildman–Crippen LogP) is 11.3. The summed E-state index contributed by atoms with van der Waals surface area (Å²) >= 11 is 0. The number of hydrogen-bond acceptors (Lipinski definition) is 0. The Kier molecular flexibility index (Phi) is 4.82. The van der Waals surface area contributed by atoms with E-state index < -0.39 is 0 Å². The van der Waals surface area contributed by atoms with Crippen molar-refractivity contribution in [2.24, 2.45) is 0 Å². The van der Waals surface area contributed by atoms with E-state index in [9.17, 15) is 0 Å². The lowest BCUT2D eigenvalue weighted by Crippen LogP contribution is -2.15. The molecule has 45 heavy (non-hydrogen) atoms. The van der Waals surface area contributed by atoms with Crippen molar-refractivity contribution in [3.05, 3.63) is 157 Å². The third kappa shape index (κ3) is 3.24. The first-order valence-electron chi connectivity index (χ1n) is 15.8. The van der Waals surface area contributed by atoms with Gasteiger partial charge >= 0.3 is 0 Å². The molecule has 0 aliphatic heterocycles. The van der Waals surface area contributed by atoms with E-state index in [2.05, 4.69) is 169 Å². The Balaban J connectivity index is 1.30. The molecule has 0 spiro atoms. The molecule has 9 aromatic rings. The quantitative estimate of drug-likeness (QED) is 0.194. The van der Waals surface area contributed by atoms with Crippen LogP contribution in [0.2, 0.25) is 0 Å². The molecular formula is C43H30N2. The molecule has 0 atom stereocenters. The van der Waals surface area contributed by atoms with Crippen molar-refractivity contribution in [3.8, 4) is 22.5 Å². The fourth-order valence-corrected chi connectivity index (χ4v) is 8.32. The highest BCUT2D eigenvalue weighted by Gasteiger charge is 2.36. The van der Waals surface area contributed by atoms with Crippen molar-refractivity contribution in [1.29, 1.82) is 0 Å². The van der Waals surface area contributed by atoms with Crippen LogP contribution in [0.3, 0.4) is 0 Å². The zero-order valence-electron chi connectivity index (χ0n) is 25.3. The molecule has 0 saturated carbocycles. The lowest BCUT2D eigenvalue weighted by molar-refractivity contribution is 0.666. The number of benzene rings is 7. The van der Waals surface area contributed by atoms with Gasteiger partial charge in [-0.15, -0.1) is 0 Å². The van der Waals surface area contributed by atoms with Crippen LogP contribution in [0.1, 0.15) is 25.0 Å². The maximum Gasteiger partial charge on any atom is 0.0547 e. The molecule has 2 nitrogen and oxygen atoms in total. The molecule has 7 aromatic carbocycles. The molecule has 1 aliphatic rings. The lowest BCUT2D eigenvalue weighted by Gasteiger charge is -2.23. The smallest absolute Gasteiger partial charge is 0.0547 e. The number of para-hydroxylation sites is 3. The van der Waals surface area contributed by atoms with Crippen LogP contribution in [0.5, 0.6) is 0 Å². The summed E-state index contributed by atoms with van der Waals surface area (Å²) in [7, 11) is 0. The van der Waals surface area contributed by atoms with Crippen LogP contribution in [0.4, 0.5) is 0 Å². The second kappa shape index (κ2) is 8.74. The van der Waals surface area contributed by atoms with Gasteiger partial charge in [0.25, 0.3) is 0 Å². The maximum absolute atomic E-state index is 2.48. The highest BCUT2D eigenvalue weighted by molar-refractivity contribution is 6.16. The molecule has 0 unspecified atom stereocenters. The van der Waals surface area contributed by atoms with Crippen LogP contribution in [0.25, 0.3) is 76.9 Å². The van der Waals surface area contributed by atoms with Crippen molar-refractivity contribution in [2.45, 2.75) is 19.3 Å². The summed E-state index contributed by atoms with van der Waals surface area (Å²) in [6.45, 7) is 4.76. The van der Waals surface area contributed by atoms with E-state index >= 15 is 0 Å². The highest BCUT2D eigenvalue weighted by atomic mass is 15.0. The Morgan fingerprint density at radius 1 is 0.400 bits per heavy atom. The summed E-state index contributed by atoms with van der Waals surface area (Å²) in [6, 6.07) is 53.8. The number of rotatable bonds is 2. The van der Waals surface area contributed by atoms with Gasteiger partial charge in [-0.25, -0.2) is 0 Å². The highest BCUT2D eigenvalue weighted by Crippen LogP contribution is 2.52. The molecule has 0 radical (unpaired) electrons. The molecule has 10 rings (SSSR count). The van der Waals surface area contributed by atoms with Gasteiger partial charge < -0.3 is 9.13 Å². The second-order valence-corrected chi connectivity index (χ2v) is 13.0. The van der Waals surface area contributed by atoms with Gasteiger partial charge in [-0.1, -0.05) is 105 Å². The van der Waals surface area contributed by atoms with Crippen LogP contribution < -0.4 is 0 Å². The molecule has 2 heterocycles. The van der Waals surface area contributed by atoms with Gasteiger partial charge in [0, 0.05) is 38.3 Å². The zero-order chi connectivity index (χ0) is 29.9. The van der Waals surface area contributed by atoms with Crippen LogP contribution in [0, 0.1) is 0 Å². The van der Waals surface area contributed by atoms with E-state index in [0.717, 1.165) is 0 Å². The average Bonchev–Trinajstić information content (AvgIpc) is 3.67. The minimum absolute atomic E-state index is 0.0753. The van der Waals surface area contributed by atoms with Gasteiger partial charge in [-0.3, -0.25) is 0 Å². The average molecular weight is 575 g/mol. The Hall–Kier alpha value is -5.60. The predicted molar refractivity (Wildman–Crippen MR) is 190 cm³/mol. The monoisotopic (exact) mass is 574 g/mol. The lowest BCUT2D eigenvalue weighted by atomic mass is 9.80. The van der Waals surface area contributed by atoms with E-state index in [0.29, 0.717) is 0 Å². The Labute approximate surface area is 261 Å². The number of hydrogen-bond donors (Lipinski definition) is 0. The standard InChI is InChI=1S/C43H30N2/c1-43(2)37-17-9-6-14-30(37)33-22-20-27-24-35-31-15-7-11-19-39(31)45(41(35)26-34(27)42(33)43)29-21-23-40-36(25-29)32-16-8-10-18-38(32)44(40)28-12-4-3-5-13-28/h3-26H,1-2H3. The van der Waals surface area contributed by atoms with Crippen LogP contribution in [-0.4, -0.2) is 9.13 Å². The first-order valence-corrected chi connectivity index (χ1v) is 15.8. The van der Waals surface area contributed by atoms with E-state index in [4.69, 9.17) is 0 Å². The van der Waals surface area contributed by atoms with Gasteiger partial charge in [0.05, 0.1) is 22.1 Å². The van der Waals surface area contributed by atoms with E-state index in [1.807, 2.05) is 0 Å². The summed E-state index contributed by atoms with van der Waals surface area (Å²) in [5.41, 5.74) is 12.8. The Morgan fingerprint density at radius 2 is 1.02 bits per heavy atom. The molecule has 1 aliphatic carbocycles. The van der Waals surface area contributed by atoms with Crippen LogP contribution in [-0.2, 0) is 5.41 Å². The minimum atomic E-state index is -0.0753. The molecule has 212 valence electrons. The molecule has 0 bridgehead atoms. The van der Waals surface area contributed by atoms with Crippen LogP contribution in [0.15, 0.2) is 146 Å². The molecular weight excluding hydrogens is 544 g/mol. The molecule has 0 saturated heterocycles. The van der Waals surface area contributed by atoms with Gasteiger partial charge in [-0.05, 0) is 87.6 Å². The van der Waals surface area contributed by atoms with Crippen LogP contribution >= 0.6 is 0 Å². The summed E-state index contributed by atoms with van der Waals surface area (Å²) in [5.74, 6) is 0. The molecule has 0 amide bonds. The van der Waals surface area contributed by atoms with Gasteiger partial charge in [0.15, 0.2) is 0 Å². The number of aromatic nitrogens is 2. The maximum atomic E-state index is 2.48. The van der Waals surface area contributed by atoms with E-state index in [1.54, 1.807) is 0 Å². The van der Waals surface area contributed by atoms with E-state index in [-0.39, 0.29) is 5.41 Å². The topological polar surface area (TPSA) is 9.86 Å². The molecule has 2 heteroatoms.